The van der Waals surface area contributed by atoms with Gasteiger partial charge in [-0.15, -0.1) is 0 Å². The summed E-state index contributed by atoms with van der Waals surface area (Å²) in [6.07, 6.45) is -2.99. The predicted molar refractivity (Wildman–Crippen MR) is 74.8 cm³/mol. The van der Waals surface area contributed by atoms with Crippen LogP contribution in [0.4, 0.5) is 13.2 Å². The van der Waals surface area contributed by atoms with Crippen molar-refractivity contribution in [1.29, 1.82) is 0 Å². The van der Waals surface area contributed by atoms with Crippen LogP contribution in [-0.4, -0.2) is 12.5 Å². The Hall–Kier alpha value is -1.52. The maximum absolute atomic E-state index is 13.0. The fourth-order valence-electron chi connectivity index (χ4n) is 2.52. The van der Waals surface area contributed by atoms with Gasteiger partial charge in [-0.1, -0.05) is 32.0 Å². The molecule has 1 N–H and O–H groups in total. The van der Waals surface area contributed by atoms with Crippen molar-refractivity contribution in [1.82, 2.24) is 5.32 Å². The zero-order chi connectivity index (χ0) is 15.6. The van der Waals surface area contributed by atoms with Crippen LogP contribution >= 0.6 is 0 Å². The van der Waals surface area contributed by atoms with E-state index < -0.39 is 11.7 Å². The second kappa shape index (κ2) is 6.08. The molecule has 1 aliphatic rings. The maximum atomic E-state index is 13.0. The van der Waals surface area contributed by atoms with Crippen LogP contribution in [0.25, 0.3) is 0 Å². The van der Waals surface area contributed by atoms with Gasteiger partial charge in [-0.05, 0) is 36.3 Å². The van der Waals surface area contributed by atoms with Gasteiger partial charge in [0.05, 0.1) is 5.56 Å². The minimum Gasteiger partial charge on any atom is -0.356 e. The molecule has 0 saturated heterocycles. The SMILES string of the molecule is CC(C)CCNC(=O)C1CC1c1ccccc1C(F)(F)F. The Morgan fingerprint density at radius 3 is 2.62 bits per heavy atom. The molecule has 0 spiro atoms. The lowest BCUT2D eigenvalue weighted by atomic mass is 10.0. The highest BCUT2D eigenvalue weighted by molar-refractivity contribution is 5.83. The summed E-state index contributed by atoms with van der Waals surface area (Å²) < 4.78 is 38.9. The highest BCUT2D eigenvalue weighted by Crippen LogP contribution is 2.50. The van der Waals surface area contributed by atoms with Crippen LogP contribution in [0.3, 0.4) is 0 Å². The molecule has 0 bridgehead atoms. The molecule has 116 valence electrons. The van der Waals surface area contributed by atoms with Crippen LogP contribution in [-0.2, 0) is 11.0 Å². The van der Waals surface area contributed by atoms with Crippen molar-refractivity contribution in [2.24, 2.45) is 11.8 Å². The molecule has 1 aromatic carbocycles. The summed E-state index contributed by atoms with van der Waals surface area (Å²) >= 11 is 0. The number of hydrogen-bond donors (Lipinski definition) is 1. The monoisotopic (exact) mass is 299 g/mol. The third-order valence-corrected chi connectivity index (χ3v) is 3.81. The number of carbonyl (C=O) groups excluding carboxylic acids is 1. The molecule has 2 nitrogen and oxygen atoms in total. The summed E-state index contributed by atoms with van der Waals surface area (Å²) in [5.74, 6) is -0.258. The van der Waals surface area contributed by atoms with Crippen molar-refractivity contribution >= 4 is 5.91 Å². The number of nitrogens with one attached hydrogen (secondary N) is 1. The molecule has 1 amide bonds. The van der Waals surface area contributed by atoms with E-state index in [4.69, 9.17) is 0 Å². The van der Waals surface area contributed by atoms with Gasteiger partial charge in [-0.2, -0.15) is 13.2 Å². The molecule has 0 heterocycles. The van der Waals surface area contributed by atoms with E-state index in [1.54, 1.807) is 6.07 Å². The molecular formula is C16H20F3NO. The van der Waals surface area contributed by atoms with Gasteiger partial charge in [0.1, 0.15) is 0 Å². The normalized spacial score (nSPS) is 21.4. The molecule has 0 radical (unpaired) electrons. The summed E-state index contributed by atoms with van der Waals surface area (Å²) in [4.78, 5) is 11.9. The lowest BCUT2D eigenvalue weighted by Crippen LogP contribution is -2.27. The van der Waals surface area contributed by atoms with Gasteiger partial charge >= 0.3 is 6.18 Å². The minimum atomic E-state index is -4.36. The average molecular weight is 299 g/mol. The summed E-state index contributed by atoms with van der Waals surface area (Å²) in [5.41, 5.74) is -0.374. The van der Waals surface area contributed by atoms with Crippen molar-refractivity contribution in [2.45, 2.75) is 38.8 Å². The van der Waals surface area contributed by atoms with E-state index in [-0.39, 0.29) is 23.3 Å². The van der Waals surface area contributed by atoms with E-state index in [2.05, 4.69) is 19.2 Å². The maximum Gasteiger partial charge on any atom is 0.416 e. The Bertz CT molecular complexity index is 510. The Morgan fingerprint density at radius 1 is 1.33 bits per heavy atom. The molecule has 1 aromatic rings. The van der Waals surface area contributed by atoms with Crippen molar-refractivity contribution in [3.05, 3.63) is 35.4 Å². The van der Waals surface area contributed by atoms with Crippen LogP contribution in [0.15, 0.2) is 24.3 Å². The van der Waals surface area contributed by atoms with Gasteiger partial charge < -0.3 is 5.32 Å². The van der Waals surface area contributed by atoms with Crippen LogP contribution in [0, 0.1) is 11.8 Å². The highest BCUT2D eigenvalue weighted by Gasteiger charge is 2.47. The number of hydrogen-bond acceptors (Lipinski definition) is 1. The fourth-order valence-corrected chi connectivity index (χ4v) is 2.52. The molecule has 2 atom stereocenters. The molecule has 1 fully saturated rings. The van der Waals surface area contributed by atoms with E-state index in [1.807, 2.05) is 0 Å². The molecule has 1 saturated carbocycles. The average Bonchev–Trinajstić information content (AvgIpc) is 3.17. The third-order valence-electron chi connectivity index (χ3n) is 3.81. The van der Waals surface area contributed by atoms with Gasteiger partial charge in [0.15, 0.2) is 0 Å². The summed E-state index contributed by atoms with van der Waals surface area (Å²) in [6, 6.07) is 5.54. The number of halogens is 3. The van der Waals surface area contributed by atoms with E-state index in [0.717, 1.165) is 12.5 Å². The van der Waals surface area contributed by atoms with E-state index in [9.17, 15) is 18.0 Å². The number of benzene rings is 1. The zero-order valence-corrected chi connectivity index (χ0v) is 12.2. The first-order valence-electron chi connectivity index (χ1n) is 7.24. The fraction of sp³-hybridized carbons (Fsp3) is 0.562. The number of carbonyl (C=O) groups is 1. The highest BCUT2D eigenvalue weighted by atomic mass is 19.4. The molecule has 5 heteroatoms. The zero-order valence-electron chi connectivity index (χ0n) is 12.2. The Labute approximate surface area is 122 Å². The van der Waals surface area contributed by atoms with E-state index in [0.29, 0.717) is 18.9 Å². The minimum absolute atomic E-state index is 0.127. The Kier molecular flexibility index (Phi) is 4.59. The van der Waals surface area contributed by atoms with Crippen molar-refractivity contribution < 1.29 is 18.0 Å². The van der Waals surface area contributed by atoms with Crippen molar-refractivity contribution in [2.75, 3.05) is 6.54 Å². The first-order chi connectivity index (χ1) is 9.80. The van der Waals surface area contributed by atoms with Crippen molar-refractivity contribution in [3.63, 3.8) is 0 Å². The van der Waals surface area contributed by atoms with E-state index in [1.165, 1.54) is 12.1 Å². The molecule has 21 heavy (non-hydrogen) atoms. The molecule has 0 aliphatic heterocycles. The van der Waals surface area contributed by atoms with Gasteiger partial charge in [0, 0.05) is 12.5 Å². The molecular weight excluding hydrogens is 279 g/mol. The third kappa shape index (κ3) is 3.99. The molecule has 1 aliphatic carbocycles. The molecule has 0 aromatic heterocycles. The Morgan fingerprint density at radius 2 is 2.00 bits per heavy atom. The van der Waals surface area contributed by atoms with Crippen LogP contribution < -0.4 is 5.32 Å². The first kappa shape index (κ1) is 15.9. The first-order valence-corrected chi connectivity index (χ1v) is 7.24. The lowest BCUT2D eigenvalue weighted by Gasteiger charge is -2.12. The molecule has 2 unspecified atom stereocenters. The standard InChI is InChI=1S/C16H20F3NO/c1-10(2)7-8-20-15(21)13-9-12(13)11-5-3-4-6-14(11)16(17,18)19/h3-6,10,12-13H,7-9H2,1-2H3,(H,20,21). The lowest BCUT2D eigenvalue weighted by molar-refractivity contribution is -0.138. The summed E-state index contributed by atoms with van der Waals surface area (Å²) in [6.45, 7) is 4.71. The molecule has 2 rings (SSSR count). The topological polar surface area (TPSA) is 29.1 Å². The second-order valence-electron chi connectivity index (χ2n) is 6.01. The predicted octanol–water partition coefficient (Wildman–Crippen LogP) is 3.97. The van der Waals surface area contributed by atoms with Crippen LogP contribution in [0.1, 0.15) is 43.7 Å². The second-order valence-corrected chi connectivity index (χ2v) is 6.01. The number of rotatable bonds is 5. The summed E-state index contributed by atoms with van der Waals surface area (Å²) in [5, 5.41) is 2.81. The van der Waals surface area contributed by atoms with Crippen molar-refractivity contribution in [3.8, 4) is 0 Å². The van der Waals surface area contributed by atoms with Gasteiger partial charge in [0.2, 0.25) is 5.91 Å². The smallest absolute Gasteiger partial charge is 0.356 e. The Balaban J connectivity index is 1.99. The van der Waals surface area contributed by atoms with E-state index >= 15 is 0 Å². The van der Waals surface area contributed by atoms with Crippen LogP contribution in [0.2, 0.25) is 0 Å². The largest absolute Gasteiger partial charge is 0.416 e. The van der Waals surface area contributed by atoms with Crippen LogP contribution in [0.5, 0.6) is 0 Å². The number of amides is 1. The number of alkyl halides is 3. The van der Waals surface area contributed by atoms with Gasteiger partial charge in [-0.3, -0.25) is 4.79 Å². The van der Waals surface area contributed by atoms with Gasteiger partial charge in [-0.25, -0.2) is 0 Å². The van der Waals surface area contributed by atoms with Gasteiger partial charge in [0.25, 0.3) is 0 Å². The quantitative estimate of drug-likeness (QED) is 0.875. The summed E-state index contributed by atoms with van der Waals surface area (Å²) in [7, 11) is 0.